The van der Waals surface area contributed by atoms with Crippen LogP contribution in [0.1, 0.15) is 38.8 Å². The summed E-state index contributed by atoms with van der Waals surface area (Å²) in [6, 6.07) is 3.77. The van der Waals surface area contributed by atoms with Crippen LogP contribution in [0.4, 0.5) is 0 Å². The normalized spacial score (nSPS) is 22.9. The Morgan fingerprint density at radius 1 is 1.22 bits per heavy atom. The molecule has 2 aliphatic heterocycles. The Hall–Kier alpha value is -2.15. The third-order valence-electron chi connectivity index (χ3n) is 4.65. The Morgan fingerprint density at radius 3 is 2.43 bits per heavy atom. The number of amides is 2. The Kier molecular flexibility index (Phi) is 3.26. The van der Waals surface area contributed by atoms with Gasteiger partial charge in [0.1, 0.15) is 11.5 Å². The number of piperazine rings is 1. The van der Waals surface area contributed by atoms with Crippen LogP contribution in [0.3, 0.4) is 0 Å². The number of hydrogen-bond acceptors (Lipinski definition) is 5. The molecule has 2 aromatic rings. The summed E-state index contributed by atoms with van der Waals surface area (Å²) in [5, 5.41) is 1.80. The third-order valence-corrected chi connectivity index (χ3v) is 5.21. The molecule has 0 spiro atoms. The van der Waals surface area contributed by atoms with Crippen LogP contribution in [-0.4, -0.2) is 51.2 Å². The van der Waals surface area contributed by atoms with Gasteiger partial charge in [-0.15, -0.1) is 0 Å². The molecule has 0 N–H and O–H groups in total. The number of furan rings is 1. The molecule has 2 aromatic heterocycles. The topological polar surface area (TPSA) is 66.7 Å². The maximum absolute atomic E-state index is 12.7. The monoisotopic (exact) mass is 331 g/mol. The summed E-state index contributed by atoms with van der Waals surface area (Å²) in [5.41, 5.74) is 1.36. The van der Waals surface area contributed by atoms with Gasteiger partial charge in [-0.1, -0.05) is 0 Å². The second kappa shape index (κ2) is 5.19. The van der Waals surface area contributed by atoms with E-state index in [2.05, 4.69) is 4.37 Å². The van der Waals surface area contributed by atoms with Crippen LogP contribution < -0.4 is 0 Å². The van der Waals surface area contributed by atoms with Crippen molar-refractivity contribution in [3.8, 4) is 0 Å². The predicted molar refractivity (Wildman–Crippen MR) is 84.6 cm³/mol. The zero-order valence-corrected chi connectivity index (χ0v) is 13.8. The van der Waals surface area contributed by atoms with E-state index >= 15 is 0 Å². The fourth-order valence-corrected chi connectivity index (χ4v) is 4.12. The molecule has 2 saturated heterocycles. The maximum Gasteiger partial charge on any atom is 0.290 e. The van der Waals surface area contributed by atoms with E-state index in [1.807, 2.05) is 29.7 Å². The molecule has 0 saturated carbocycles. The lowest BCUT2D eigenvalue weighted by atomic mass is 10.2. The molecule has 0 aliphatic carbocycles. The largest absolute Gasteiger partial charge is 0.456 e. The Balaban J connectivity index is 1.50. The summed E-state index contributed by atoms with van der Waals surface area (Å²) in [6.07, 6.45) is 0.834. The van der Waals surface area contributed by atoms with Gasteiger partial charge in [0, 0.05) is 24.0 Å². The summed E-state index contributed by atoms with van der Waals surface area (Å²) < 4.78 is 9.66. The first-order valence-electron chi connectivity index (χ1n) is 7.64. The number of rotatable bonds is 2. The molecular weight excluding hydrogens is 314 g/mol. The highest BCUT2D eigenvalue weighted by atomic mass is 32.1. The molecule has 2 aliphatic rings. The average molecular weight is 331 g/mol. The summed E-state index contributed by atoms with van der Waals surface area (Å²) in [7, 11) is 0. The van der Waals surface area contributed by atoms with Crippen LogP contribution >= 0.6 is 11.5 Å². The minimum atomic E-state index is -0.0659. The molecule has 6 nitrogen and oxygen atoms in total. The highest BCUT2D eigenvalue weighted by Gasteiger charge is 2.48. The highest BCUT2D eigenvalue weighted by Crippen LogP contribution is 2.33. The van der Waals surface area contributed by atoms with E-state index < -0.39 is 0 Å². The zero-order chi connectivity index (χ0) is 16.1. The Labute approximate surface area is 137 Å². The predicted octanol–water partition coefficient (Wildman–Crippen LogP) is 2.09. The van der Waals surface area contributed by atoms with Crippen molar-refractivity contribution in [2.45, 2.75) is 32.4 Å². The van der Waals surface area contributed by atoms with E-state index in [1.54, 1.807) is 11.4 Å². The zero-order valence-electron chi connectivity index (χ0n) is 13.0. The molecule has 23 heavy (non-hydrogen) atoms. The first-order valence-corrected chi connectivity index (χ1v) is 8.47. The van der Waals surface area contributed by atoms with Crippen molar-refractivity contribution in [2.75, 3.05) is 13.1 Å². The van der Waals surface area contributed by atoms with Gasteiger partial charge in [0.15, 0.2) is 5.76 Å². The van der Waals surface area contributed by atoms with E-state index in [0.29, 0.717) is 24.5 Å². The fraction of sp³-hybridized carbons (Fsp3) is 0.438. The van der Waals surface area contributed by atoms with Gasteiger partial charge in [0.25, 0.3) is 11.8 Å². The molecule has 0 aromatic carbocycles. The molecule has 2 bridgehead atoms. The second-order valence-corrected chi connectivity index (χ2v) is 6.88. The van der Waals surface area contributed by atoms with Crippen LogP contribution in [0, 0.1) is 13.8 Å². The number of aromatic nitrogens is 1. The smallest absolute Gasteiger partial charge is 0.290 e. The number of nitrogens with zero attached hydrogens (tertiary/aromatic N) is 3. The van der Waals surface area contributed by atoms with Gasteiger partial charge in [-0.3, -0.25) is 9.59 Å². The lowest BCUT2D eigenvalue weighted by Crippen LogP contribution is -2.50. The second-order valence-electron chi connectivity index (χ2n) is 6.21. The first-order chi connectivity index (χ1) is 11.0. The number of carbonyl (C=O) groups is 2. The SMILES string of the molecule is Cc1cc(C)c(C(=O)N2C[C@@H]3C[C@H]2CN3C(=O)c2ccsn2)o1. The lowest BCUT2D eigenvalue weighted by molar-refractivity contribution is 0.0505. The molecular formula is C16H17N3O3S. The molecule has 2 atom stereocenters. The van der Waals surface area contributed by atoms with E-state index in [4.69, 9.17) is 4.42 Å². The number of likely N-dealkylation sites (tertiary alicyclic amines) is 2. The van der Waals surface area contributed by atoms with Crippen molar-refractivity contribution in [3.05, 3.63) is 40.3 Å². The summed E-state index contributed by atoms with van der Waals surface area (Å²) >= 11 is 1.28. The molecule has 7 heteroatoms. The molecule has 4 rings (SSSR count). The van der Waals surface area contributed by atoms with Crippen LogP contribution in [0.25, 0.3) is 0 Å². The Morgan fingerprint density at radius 2 is 1.91 bits per heavy atom. The van der Waals surface area contributed by atoms with Gasteiger partial charge in [-0.2, -0.15) is 4.37 Å². The average Bonchev–Trinajstić information content (AvgIpc) is 3.29. The fourth-order valence-electron chi connectivity index (χ4n) is 3.62. The van der Waals surface area contributed by atoms with Crippen LogP contribution in [-0.2, 0) is 0 Å². The number of fused-ring (bicyclic) bond motifs is 2. The minimum Gasteiger partial charge on any atom is -0.456 e. The third kappa shape index (κ3) is 2.26. The van der Waals surface area contributed by atoms with Gasteiger partial charge in [-0.05, 0) is 43.9 Å². The van der Waals surface area contributed by atoms with Gasteiger partial charge >= 0.3 is 0 Å². The van der Waals surface area contributed by atoms with Crippen LogP contribution in [0.5, 0.6) is 0 Å². The van der Waals surface area contributed by atoms with Crippen molar-refractivity contribution in [1.29, 1.82) is 0 Å². The molecule has 2 fully saturated rings. The van der Waals surface area contributed by atoms with Gasteiger partial charge in [-0.25, -0.2) is 0 Å². The van der Waals surface area contributed by atoms with Crippen molar-refractivity contribution in [1.82, 2.24) is 14.2 Å². The van der Waals surface area contributed by atoms with Crippen molar-refractivity contribution in [3.63, 3.8) is 0 Å². The molecule has 2 amide bonds. The van der Waals surface area contributed by atoms with Crippen LogP contribution in [0.15, 0.2) is 21.9 Å². The quantitative estimate of drug-likeness (QED) is 0.845. The van der Waals surface area contributed by atoms with E-state index in [-0.39, 0.29) is 23.9 Å². The number of aryl methyl sites for hydroxylation is 2. The molecule has 4 heterocycles. The molecule has 120 valence electrons. The minimum absolute atomic E-state index is 0.0316. The van der Waals surface area contributed by atoms with Crippen molar-refractivity contribution < 1.29 is 14.0 Å². The van der Waals surface area contributed by atoms with Gasteiger partial charge in [0.2, 0.25) is 0 Å². The van der Waals surface area contributed by atoms with E-state index in [9.17, 15) is 9.59 Å². The maximum atomic E-state index is 12.7. The lowest BCUT2D eigenvalue weighted by Gasteiger charge is -2.33. The van der Waals surface area contributed by atoms with Gasteiger partial charge in [0.05, 0.1) is 12.1 Å². The Bertz CT molecular complexity index is 768. The molecule has 0 radical (unpaired) electrons. The molecule has 0 unspecified atom stereocenters. The van der Waals surface area contributed by atoms with E-state index in [1.165, 1.54) is 11.5 Å². The first kappa shape index (κ1) is 14.4. The highest BCUT2D eigenvalue weighted by molar-refractivity contribution is 7.03. The van der Waals surface area contributed by atoms with Gasteiger partial charge < -0.3 is 14.2 Å². The summed E-state index contributed by atoms with van der Waals surface area (Å²) in [6.45, 7) is 4.87. The van der Waals surface area contributed by atoms with Crippen LogP contribution in [0.2, 0.25) is 0 Å². The number of hydrogen-bond donors (Lipinski definition) is 0. The van der Waals surface area contributed by atoms with Crippen molar-refractivity contribution >= 4 is 23.3 Å². The summed E-state index contributed by atoms with van der Waals surface area (Å²) in [5.74, 6) is 1.07. The van der Waals surface area contributed by atoms with E-state index in [0.717, 1.165) is 17.7 Å². The standard InChI is InChI=1S/C16H17N3O3S/c1-9-5-10(2)22-14(9)16(21)19-8-11-6-12(19)7-18(11)15(20)13-3-4-23-17-13/h3-5,11-12H,6-8H2,1-2H3/t11-,12-/m0/s1. The summed E-state index contributed by atoms with van der Waals surface area (Å²) in [4.78, 5) is 28.8. The van der Waals surface area contributed by atoms with Crippen molar-refractivity contribution in [2.24, 2.45) is 0 Å². The number of carbonyl (C=O) groups excluding carboxylic acids is 2.